The normalized spacial score (nSPS) is 13.6. The van der Waals surface area contributed by atoms with Crippen molar-refractivity contribution in [3.63, 3.8) is 0 Å². The van der Waals surface area contributed by atoms with E-state index in [1.807, 2.05) is 60.8 Å². The van der Waals surface area contributed by atoms with Crippen molar-refractivity contribution in [2.24, 2.45) is 0 Å². The number of ketones is 1. The van der Waals surface area contributed by atoms with Crippen LogP contribution in [0.5, 0.6) is 5.75 Å². The van der Waals surface area contributed by atoms with E-state index < -0.39 is 0 Å². The molecule has 7 heteroatoms. The second-order valence-electron chi connectivity index (χ2n) is 8.08. The van der Waals surface area contributed by atoms with Crippen molar-refractivity contribution < 1.29 is 14.3 Å². The van der Waals surface area contributed by atoms with Crippen LogP contribution >= 0.6 is 0 Å². The molecule has 5 rings (SSSR count). The molecule has 7 nitrogen and oxygen atoms in total. The monoisotopic (exact) mass is 450 g/mol. The second-order valence-corrected chi connectivity index (χ2v) is 8.08. The number of nitrogens with one attached hydrogen (secondary N) is 1. The molecule has 2 heterocycles. The highest BCUT2D eigenvalue weighted by molar-refractivity contribution is 6.35. The number of ether oxygens (including phenoxy) is 1. The molecule has 1 aliphatic heterocycles. The highest BCUT2D eigenvalue weighted by atomic mass is 16.5. The summed E-state index contributed by atoms with van der Waals surface area (Å²) >= 11 is 0. The minimum atomic E-state index is -0.197. The lowest BCUT2D eigenvalue weighted by Gasteiger charge is -2.06. The van der Waals surface area contributed by atoms with Gasteiger partial charge in [-0.3, -0.25) is 9.59 Å². The van der Waals surface area contributed by atoms with Crippen molar-refractivity contribution in [3.8, 4) is 5.75 Å². The molecule has 0 saturated heterocycles. The van der Waals surface area contributed by atoms with Gasteiger partial charge in [-0.25, -0.2) is 4.68 Å². The number of hydrogen-bond acceptors (Lipinski definition) is 5. The summed E-state index contributed by atoms with van der Waals surface area (Å²) in [6.45, 7) is 2.43. The summed E-state index contributed by atoms with van der Waals surface area (Å²) in [5.41, 5.74) is 5.19. The topological polar surface area (TPSA) is 86.1 Å². The largest absolute Gasteiger partial charge is 0.487 e. The SMILES string of the molecule is CC(=O)c1ccc2c(c1)/C(=C/c1cccc(OCc3cn(Cc4ccccc4)nn3)c1)C(=O)N2. The molecule has 0 spiro atoms. The van der Waals surface area contributed by atoms with E-state index in [-0.39, 0.29) is 18.3 Å². The summed E-state index contributed by atoms with van der Waals surface area (Å²) < 4.78 is 7.70. The Morgan fingerprint density at radius 1 is 1.06 bits per heavy atom. The van der Waals surface area contributed by atoms with Gasteiger partial charge in [-0.2, -0.15) is 0 Å². The third-order valence-corrected chi connectivity index (χ3v) is 5.54. The van der Waals surface area contributed by atoms with Gasteiger partial charge in [0.05, 0.1) is 12.7 Å². The van der Waals surface area contributed by atoms with Crippen molar-refractivity contribution in [3.05, 3.63) is 107 Å². The molecule has 1 aromatic heterocycles. The van der Waals surface area contributed by atoms with E-state index in [4.69, 9.17) is 4.74 Å². The van der Waals surface area contributed by atoms with Gasteiger partial charge in [-0.15, -0.1) is 5.10 Å². The zero-order valence-electron chi connectivity index (χ0n) is 18.6. The van der Waals surface area contributed by atoms with E-state index in [1.54, 1.807) is 29.0 Å². The quantitative estimate of drug-likeness (QED) is 0.329. The van der Waals surface area contributed by atoms with Crippen LogP contribution in [0, 0.1) is 0 Å². The molecule has 0 unspecified atom stereocenters. The number of hydrogen-bond donors (Lipinski definition) is 1. The lowest BCUT2D eigenvalue weighted by atomic mass is 10.0. The van der Waals surface area contributed by atoms with Crippen LogP contribution in [0.25, 0.3) is 11.6 Å². The van der Waals surface area contributed by atoms with Gasteiger partial charge in [0, 0.05) is 22.4 Å². The number of nitrogens with zero attached hydrogens (tertiary/aromatic N) is 3. The third kappa shape index (κ3) is 4.63. The van der Waals surface area contributed by atoms with Gasteiger partial charge in [0.2, 0.25) is 0 Å². The lowest BCUT2D eigenvalue weighted by Crippen LogP contribution is -2.03. The van der Waals surface area contributed by atoms with Crippen molar-refractivity contribution in [1.82, 2.24) is 15.0 Å². The van der Waals surface area contributed by atoms with Crippen LogP contribution in [0.4, 0.5) is 5.69 Å². The molecule has 0 atom stereocenters. The van der Waals surface area contributed by atoms with Gasteiger partial charge in [0.15, 0.2) is 5.78 Å². The van der Waals surface area contributed by atoms with Crippen LogP contribution < -0.4 is 10.1 Å². The molecule has 1 aliphatic rings. The van der Waals surface area contributed by atoms with Gasteiger partial charge in [-0.05, 0) is 54.5 Å². The Labute approximate surface area is 196 Å². The maximum absolute atomic E-state index is 12.5. The molecule has 34 heavy (non-hydrogen) atoms. The Kier molecular flexibility index (Phi) is 5.74. The molecule has 4 aromatic rings. The molecule has 3 aromatic carbocycles. The van der Waals surface area contributed by atoms with Crippen molar-refractivity contribution in [2.45, 2.75) is 20.1 Å². The first-order valence-corrected chi connectivity index (χ1v) is 10.9. The number of fused-ring (bicyclic) bond motifs is 1. The molecular formula is C27H22N4O3. The molecule has 1 N–H and O–H groups in total. The average Bonchev–Trinajstić information content (AvgIpc) is 3.42. The molecule has 1 amide bonds. The summed E-state index contributed by atoms with van der Waals surface area (Å²) in [6.07, 6.45) is 3.67. The molecular weight excluding hydrogens is 428 g/mol. The Morgan fingerprint density at radius 2 is 1.91 bits per heavy atom. The summed E-state index contributed by atoms with van der Waals surface area (Å²) in [4.78, 5) is 24.3. The standard InChI is InChI=1S/C27H22N4O3/c1-18(32)21-10-11-26-24(14-21)25(27(33)28-26)13-20-8-5-9-23(12-20)34-17-22-16-31(30-29-22)15-19-6-3-2-4-7-19/h2-14,16H,15,17H2,1H3,(H,28,33)/b25-13-. The number of carbonyl (C=O) groups is 2. The van der Waals surface area contributed by atoms with E-state index in [1.165, 1.54) is 6.92 Å². The molecule has 0 fully saturated rings. The summed E-state index contributed by atoms with van der Waals surface area (Å²) in [5, 5.41) is 11.2. The Balaban J connectivity index is 1.30. The Hall–Kier alpha value is -4.52. The predicted octanol–water partition coefficient (Wildman–Crippen LogP) is 4.60. The lowest BCUT2D eigenvalue weighted by molar-refractivity contribution is -0.110. The van der Waals surface area contributed by atoms with Crippen LogP contribution in [0.2, 0.25) is 0 Å². The second kappa shape index (κ2) is 9.15. The molecule has 0 aliphatic carbocycles. The molecule has 0 saturated carbocycles. The Bertz CT molecular complexity index is 1410. The van der Waals surface area contributed by atoms with E-state index in [0.717, 1.165) is 22.4 Å². The number of benzene rings is 3. The third-order valence-electron chi connectivity index (χ3n) is 5.54. The number of aromatic nitrogens is 3. The van der Waals surface area contributed by atoms with Crippen molar-refractivity contribution in [1.29, 1.82) is 0 Å². The van der Waals surface area contributed by atoms with Crippen LogP contribution in [-0.2, 0) is 17.9 Å². The highest BCUT2D eigenvalue weighted by Gasteiger charge is 2.24. The maximum Gasteiger partial charge on any atom is 0.256 e. The number of Topliss-reactive ketones (excluding diaryl/α,β-unsaturated/α-hetero) is 1. The fourth-order valence-corrected chi connectivity index (χ4v) is 3.82. The minimum absolute atomic E-state index is 0.0439. The van der Waals surface area contributed by atoms with E-state index in [2.05, 4.69) is 15.6 Å². The number of carbonyl (C=O) groups excluding carboxylic acids is 2. The molecule has 168 valence electrons. The molecule has 0 bridgehead atoms. The fraction of sp³-hybridized carbons (Fsp3) is 0.111. The smallest absolute Gasteiger partial charge is 0.256 e. The zero-order chi connectivity index (χ0) is 23.5. The fourth-order valence-electron chi connectivity index (χ4n) is 3.82. The van der Waals surface area contributed by atoms with Crippen LogP contribution in [-0.4, -0.2) is 26.7 Å². The van der Waals surface area contributed by atoms with Gasteiger partial charge < -0.3 is 10.1 Å². The van der Waals surface area contributed by atoms with E-state index >= 15 is 0 Å². The van der Waals surface area contributed by atoms with E-state index in [9.17, 15) is 9.59 Å². The zero-order valence-corrected chi connectivity index (χ0v) is 18.6. The maximum atomic E-state index is 12.5. The number of anilines is 1. The molecule has 0 radical (unpaired) electrons. The van der Waals surface area contributed by atoms with Crippen LogP contribution in [0.1, 0.15) is 39.7 Å². The number of rotatable bonds is 7. The highest BCUT2D eigenvalue weighted by Crippen LogP contribution is 2.34. The van der Waals surface area contributed by atoms with E-state index in [0.29, 0.717) is 29.1 Å². The summed E-state index contributed by atoms with van der Waals surface area (Å²) in [7, 11) is 0. The first-order valence-electron chi connectivity index (χ1n) is 10.9. The van der Waals surface area contributed by atoms with Gasteiger partial charge in [0.25, 0.3) is 5.91 Å². The summed E-state index contributed by atoms with van der Waals surface area (Å²) in [6, 6.07) is 22.8. The van der Waals surface area contributed by atoms with Crippen LogP contribution in [0.15, 0.2) is 79.0 Å². The predicted molar refractivity (Wildman–Crippen MR) is 129 cm³/mol. The van der Waals surface area contributed by atoms with Gasteiger partial charge >= 0.3 is 0 Å². The number of amides is 1. The van der Waals surface area contributed by atoms with Crippen LogP contribution in [0.3, 0.4) is 0 Å². The Morgan fingerprint density at radius 3 is 2.74 bits per heavy atom. The first-order chi connectivity index (χ1) is 16.5. The average molecular weight is 450 g/mol. The summed E-state index contributed by atoms with van der Waals surface area (Å²) in [5.74, 6) is 0.415. The van der Waals surface area contributed by atoms with Crippen molar-refractivity contribution >= 4 is 29.0 Å². The van der Waals surface area contributed by atoms with Gasteiger partial charge in [-0.1, -0.05) is 47.7 Å². The van der Waals surface area contributed by atoms with Crippen molar-refractivity contribution in [2.75, 3.05) is 5.32 Å². The first kappa shape index (κ1) is 21.3. The minimum Gasteiger partial charge on any atom is -0.487 e. The van der Waals surface area contributed by atoms with Gasteiger partial charge in [0.1, 0.15) is 18.1 Å².